The highest BCUT2D eigenvalue weighted by atomic mass is 16.5. The van der Waals surface area contributed by atoms with Crippen LogP contribution in [0, 0.1) is 11.3 Å². The lowest BCUT2D eigenvalue weighted by molar-refractivity contribution is 0.210. The predicted molar refractivity (Wildman–Crippen MR) is 103 cm³/mol. The van der Waals surface area contributed by atoms with Crippen molar-refractivity contribution in [2.75, 3.05) is 26.1 Å². The Kier molecular flexibility index (Phi) is 5.36. The van der Waals surface area contributed by atoms with Crippen LogP contribution in [0.1, 0.15) is 30.8 Å². The molecule has 1 aliphatic rings. The molecular formula is C20H23N5O3. The number of nitrogens with one attached hydrogen (secondary N) is 1. The first-order valence-electron chi connectivity index (χ1n) is 8.99. The van der Waals surface area contributed by atoms with Crippen LogP contribution in [0.3, 0.4) is 0 Å². The molecule has 0 saturated heterocycles. The van der Waals surface area contributed by atoms with E-state index < -0.39 is 5.41 Å². The van der Waals surface area contributed by atoms with E-state index in [1.54, 1.807) is 11.0 Å². The van der Waals surface area contributed by atoms with Crippen molar-refractivity contribution in [3.63, 3.8) is 0 Å². The second-order valence-corrected chi connectivity index (χ2v) is 6.81. The summed E-state index contributed by atoms with van der Waals surface area (Å²) < 4.78 is 10.4. The van der Waals surface area contributed by atoms with Crippen molar-refractivity contribution < 1.29 is 14.3 Å². The monoisotopic (exact) mass is 381 g/mol. The van der Waals surface area contributed by atoms with Gasteiger partial charge >= 0.3 is 6.03 Å². The summed E-state index contributed by atoms with van der Waals surface area (Å²) in [6, 6.07) is 9.56. The zero-order chi connectivity index (χ0) is 20.3. The molecule has 8 nitrogen and oxygen atoms in total. The zero-order valence-corrected chi connectivity index (χ0v) is 16.4. The van der Waals surface area contributed by atoms with Crippen LogP contribution in [-0.2, 0) is 18.4 Å². The maximum absolute atomic E-state index is 12.2. The third-order valence-electron chi connectivity index (χ3n) is 4.92. The van der Waals surface area contributed by atoms with Crippen molar-refractivity contribution >= 4 is 11.7 Å². The Morgan fingerprint density at radius 2 is 1.93 bits per heavy atom. The standard InChI is InChI=1S/C20H23N5O3/c1-5-25-11-13-6-7-14(8-15(13)22-19(25)26)20(2,12-21)10-16-23-17(27-3)9-18(24-16)28-4/h6-9H,5,10-11H2,1-4H3,(H,22,26)/t20-/m0/s1. The van der Waals surface area contributed by atoms with Gasteiger partial charge in [0.15, 0.2) is 0 Å². The molecule has 1 N–H and O–H groups in total. The molecule has 146 valence electrons. The molecule has 2 amide bonds. The largest absolute Gasteiger partial charge is 0.481 e. The molecule has 0 spiro atoms. The van der Waals surface area contributed by atoms with Crippen molar-refractivity contribution in [1.82, 2.24) is 14.9 Å². The molecule has 2 aromatic rings. The number of benzene rings is 1. The van der Waals surface area contributed by atoms with Crippen molar-refractivity contribution in [2.24, 2.45) is 0 Å². The van der Waals surface area contributed by atoms with Crippen LogP contribution in [0.4, 0.5) is 10.5 Å². The molecule has 0 fully saturated rings. The Balaban J connectivity index is 1.94. The highest BCUT2D eigenvalue weighted by Crippen LogP contribution is 2.33. The van der Waals surface area contributed by atoms with E-state index in [9.17, 15) is 10.1 Å². The SMILES string of the molecule is CCN1Cc2ccc([C@](C)(C#N)Cc3nc(OC)cc(OC)n3)cc2NC1=O. The fraction of sp³-hybridized carbons (Fsp3) is 0.400. The first-order valence-corrected chi connectivity index (χ1v) is 8.99. The number of hydrogen-bond acceptors (Lipinski definition) is 6. The van der Waals surface area contributed by atoms with Crippen molar-refractivity contribution in [2.45, 2.75) is 32.2 Å². The average molecular weight is 381 g/mol. The van der Waals surface area contributed by atoms with Gasteiger partial charge in [-0.15, -0.1) is 0 Å². The number of methoxy groups -OCH3 is 2. The van der Waals surface area contributed by atoms with Gasteiger partial charge in [0.05, 0.1) is 31.8 Å². The van der Waals surface area contributed by atoms with Gasteiger partial charge in [-0.2, -0.15) is 15.2 Å². The lowest BCUT2D eigenvalue weighted by Crippen LogP contribution is -2.38. The van der Waals surface area contributed by atoms with E-state index in [1.165, 1.54) is 14.2 Å². The molecule has 0 radical (unpaired) electrons. The number of hydrogen-bond donors (Lipinski definition) is 1. The minimum Gasteiger partial charge on any atom is -0.481 e. The number of nitrogens with zero attached hydrogens (tertiary/aromatic N) is 4. The highest BCUT2D eigenvalue weighted by molar-refractivity contribution is 5.92. The predicted octanol–water partition coefficient (Wildman–Crippen LogP) is 2.89. The quantitative estimate of drug-likeness (QED) is 0.826. The Bertz CT molecular complexity index is 918. The number of ether oxygens (including phenoxy) is 2. The molecule has 8 heteroatoms. The van der Waals surface area contributed by atoms with Gasteiger partial charge in [-0.3, -0.25) is 0 Å². The van der Waals surface area contributed by atoms with Gasteiger partial charge in [0.25, 0.3) is 0 Å². The molecule has 0 saturated carbocycles. The van der Waals surface area contributed by atoms with E-state index in [2.05, 4.69) is 21.4 Å². The van der Waals surface area contributed by atoms with Gasteiger partial charge in [-0.25, -0.2) is 4.79 Å². The van der Waals surface area contributed by atoms with Crippen LogP contribution in [0.5, 0.6) is 11.8 Å². The normalized spacial score (nSPS) is 15.1. The summed E-state index contributed by atoms with van der Waals surface area (Å²) in [6.07, 6.45) is 0.269. The zero-order valence-electron chi connectivity index (χ0n) is 16.4. The molecular weight excluding hydrogens is 358 g/mol. The lowest BCUT2D eigenvalue weighted by Gasteiger charge is -2.30. The molecule has 2 heterocycles. The number of carbonyl (C=O) groups excluding carboxylic acids is 1. The molecule has 0 bridgehead atoms. The lowest BCUT2D eigenvalue weighted by atomic mass is 9.80. The van der Waals surface area contributed by atoms with Gasteiger partial charge in [0, 0.05) is 25.2 Å². The van der Waals surface area contributed by atoms with Crippen LogP contribution >= 0.6 is 0 Å². The molecule has 1 aliphatic heterocycles. The summed E-state index contributed by atoms with van der Waals surface area (Å²) in [4.78, 5) is 22.6. The summed E-state index contributed by atoms with van der Waals surface area (Å²) in [7, 11) is 3.03. The van der Waals surface area contributed by atoms with E-state index in [0.29, 0.717) is 30.7 Å². The smallest absolute Gasteiger partial charge is 0.322 e. The number of anilines is 1. The molecule has 0 aliphatic carbocycles. The van der Waals surface area contributed by atoms with Crippen molar-refractivity contribution in [3.8, 4) is 17.8 Å². The van der Waals surface area contributed by atoms with Gasteiger partial charge in [0.1, 0.15) is 5.82 Å². The summed E-state index contributed by atoms with van der Waals surface area (Å²) >= 11 is 0. The van der Waals surface area contributed by atoms with Crippen LogP contribution in [0.15, 0.2) is 24.3 Å². The highest BCUT2D eigenvalue weighted by Gasteiger charge is 2.31. The summed E-state index contributed by atoms with van der Waals surface area (Å²) in [5, 5.41) is 12.8. The van der Waals surface area contributed by atoms with Gasteiger partial charge in [-0.1, -0.05) is 12.1 Å². The molecule has 28 heavy (non-hydrogen) atoms. The maximum Gasteiger partial charge on any atom is 0.322 e. The molecule has 1 atom stereocenters. The minimum absolute atomic E-state index is 0.133. The Morgan fingerprint density at radius 3 is 2.50 bits per heavy atom. The van der Waals surface area contributed by atoms with Crippen LogP contribution in [0.2, 0.25) is 0 Å². The minimum atomic E-state index is -0.890. The molecule has 3 rings (SSSR count). The first-order chi connectivity index (χ1) is 13.4. The summed E-state index contributed by atoms with van der Waals surface area (Å²) in [5.74, 6) is 1.19. The van der Waals surface area contributed by atoms with E-state index in [0.717, 1.165) is 16.8 Å². The topological polar surface area (TPSA) is 100 Å². The second-order valence-electron chi connectivity index (χ2n) is 6.81. The number of aromatic nitrogens is 2. The van der Waals surface area contributed by atoms with Crippen molar-refractivity contribution in [1.29, 1.82) is 5.26 Å². The average Bonchev–Trinajstić information content (AvgIpc) is 2.72. The van der Waals surface area contributed by atoms with E-state index in [4.69, 9.17) is 9.47 Å². The van der Waals surface area contributed by atoms with Crippen LogP contribution in [0.25, 0.3) is 0 Å². The summed E-state index contributed by atoms with van der Waals surface area (Å²) in [5.41, 5.74) is 1.64. The van der Waals surface area contributed by atoms with Gasteiger partial charge in [0.2, 0.25) is 11.8 Å². The second kappa shape index (κ2) is 7.72. The fourth-order valence-corrected chi connectivity index (χ4v) is 3.16. The molecule has 1 aromatic heterocycles. The number of amides is 2. The number of carbonyl (C=O) groups is 1. The van der Waals surface area contributed by atoms with Crippen LogP contribution in [-0.4, -0.2) is 41.7 Å². The van der Waals surface area contributed by atoms with E-state index in [1.807, 2.05) is 32.0 Å². The van der Waals surface area contributed by atoms with Crippen molar-refractivity contribution in [3.05, 3.63) is 41.2 Å². The third kappa shape index (κ3) is 3.69. The molecule has 0 unspecified atom stereocenters. The summed E-state index contributed by atoms with van der Waals surface area (Å²) in [6.45, 7) is 4.95. The number of nitriles is 1. The number of urea groups is 1. The number of fused-ring (bicyclic) bond motifs is 1. The van der Waals surface area contributed by atoms with E-state index >= 15 is 0 Å². The molecule has 1 aromatic carbocycles. The third-order valence-corrected chi connectivity index (χ3v) is 4.92. The van der Waals surface area contributed by atoms with Crippen LogP contribution < -0.4 is 14.8 Å². The Morgan fingerprint density at radius 1 is 1.25 bits per heavy atom. The maximum atomic E-state index is 12.2. The van der Waals surface area contributed by atoms with Gasteiger partial charge < -0.3 is 19.7 Å². The number of rotatable bonds is 6. The Labute approximate surface area is 164 Å². The Hall–Kier alpha value is -3.34. The first kappa shape index (κ1) is 19.4. The van der Waals surface area contributed by atoms with Gasteiger partial charge in [-0.05, 0) is 31.0 Å². The fourth-order valence-electron chi connectivity index (χ4n) is 3.16. The van der Waals surface area contributed by atoms with E-state index in [-0.39, 0.29) is 12.5 Å².